The van der Waals surface area contributed by atoms with Gasteiger partial charge >= 0.3 is 6.09 Å². The van der Waals surface area contributed by atoms with E-state index < -0.39 is 16.4 Å². The number of aryl methyl sites for hydroxylation is 1. The van der Waals surface area contributed by atoms with Gasteiger partial charge in [-0.05, 0) is 46.6 Å². The first-order valence-electron chi connectivity index (χ1n) is 7.55. The number of hydrogen-bond donors (Lipinski definition) is 0. The Hall–Kier alpha value is -1.21. The normalized spacial score (nSPS) is 17.9. The number of aromatic nitrogens is 2. The lowest BCUT2D eigenvalue weighted by molar-refractivity contribution is 0.0218. The number of ether oxygens (including phenoxy) is 1. The molecule has 1 saturated heterocycles. The summed E-state index contributed by atoms with van der Waals surface area (Å²) in [4.78, 5) is 22.0. The second-order valence-electron chi connectivity index (χ2n) is 6.58. The lowest BCUT2D eigenvalue weighted by atomic mass is 10.1. The number of carbonyl (C=O) groups excluding carboxylic acids is 1. The first-order valence-corrected chi connectivity index (χ1v) is 9.14. The van der Waals surface area contributed by atoms with E-state index in [0.29, 0.717) is 36.8 Å². The van der Waals surface area contributed by atoms with Crippen LogP contribution in [-0.4, -0.2) is 49.1 Å². The smallest absolute Gasteiger partial charge is 0.410 e. The number of likely N-dealkylation sites (tertiary alicyclic amines) is 1. The lowest BCUT2D eigenvalue weighted by Crippen LogP contribution is -2.43. The highest BCUT2D eigenvalue weighted by Crippen LogP contribution is 2.22. The first kappa shape index (κ1) is 18.1. The molecule has 1 amide bonds. The molecule has 0 aliphatic carbocycles. The van der Waals surface area contributed by atoms with Crippen LogP contribution in [0.5, 0.6) is 0 Å². The fourth-order valence-corrected chi connectivity index (χ4v) is 3.97. The molecule has 0 spiro atoms. The van der Waals surface area contributed by atoms with Crippen LogP contribution in [0.3, 0.4) is 0 Å². The Kier molecular flexibility index (Phi) is 5.62. The Balaban J connectivity index is 1.96. The average molecular weight is 360 g/mol. The quantitative estimate of drug-likeness (QED) is 0.599. The summed E-state index contributed by atoms with van der Waals surface area (Å²) >= 11 is 5.90. The van der Waals surface area contributed by atoms with Crippen molar-refractivity contribution in [3.05, 3.63) is 16.9 Å². The molecule has 1 aliphatic rings. The van der Waals surface area contributed by atoms with Crippen molar-refractivity contribution in [3.63, 3.8) is 0 Å². The SMILES string of the molecule is Cc1cc(Cl)nc([S@@](=O)C2CCN(C(=O)OC(C)(C)C)CC2)n1. The molecule has 0 bridgehead atoms. The molecule has 1 aliphatic heterocycles. The van der Waals surface area contributed by atoms with Crippen LogP contribution in [0.15, 0.2) is 11.2 Å². The minimum Gasteiger partial charge on any atom is -0.444 e. The molecule has 0 unspecified atom stereocenters. The summed E-state index contributed by atoms with van der Waals surface area (Å²) in [6.07, 6.45) is 0.929. The third-order valence-electron chi connectivity index (χ3n) is 3.38. The maximum absolute atomic E-state index is 12.6. The number of carbonyl (C=O) groups is 1. The number of piperidine rings is 1. The summed E-state index contributed by atoms with van der Waals surface area (Å²) in [5.74, 6) is 0. The van der Waals surface area contributed by atoms with Crippen LogP contribution in [0, 0.1) is 6.92 Å². The molecule has 2 rings (SSSR count). The molecular weight excluding hydrogens is 338 g/mol. The summed E-state index contributed by atoms with van der Waals surface area (Å²) in [5, 5.41) is 0.490. The minimum absolute atomic E-state index is 0.0773. The second kappa shape index (κ2) is 7.13. The zero-order valence-corrected chi connectivity index (χ0v) is 15.4. The molecule has 128 valence electrons. The van der Waals surface area contributed by atoms with Crippen molar-refractivity contribution >= 4 is 28.5 Å². The van der Waals surface area contributed by atoms with E-state index in [0.717, 1.165) is 0 Å². The summed E-state index contributed by atoms with van der Waals surface area (Å²) in [6.45, 7) is 8.34. The average Bonchev–Trinajstić information content (AvgIpc) is 2.44. The molecule has 1 atom stereocenters. The maximum atomic E-state index is 12.6. The van der Waals surface area contributed by atoms with Gasteiger partial charge in [0.1, 0.15) is 10.8 Å². The highest BCUT2D eigenvalue weighted by Gasteiger charge is 2.30. The van der Waals surface area contributed by atoms with E-state index in [4.69, 9.17) is 16.3 Å². The van der Waals surface area contributed by atoms with Crippen molar-refractivity contribution in [1.29, 1.82) is 0 Å². The van der Waals surface area contributed by atoms with Crippen molar-refractivity contribution in [2.24, 2.45) is 0 Å². The molecule has 8 heteroatoms. The predicted molar refractivity (Wildman–Crippen MR) is 89.0 cm³/mol. The van der Waals surface area contributed by atoms with Gasteiger partial charge in [-0.3, -0.25) is 4.21 Å². The molecule has 0 aromatic carbocycles. The first-order chi connectivity index (χ1) is 10.7. The van der Waals surface area contributed by atoms with Gasteiger partial charge in [0, 0.05) is 24.0 Å². The lowest BCUT2D eigenvalue weighted by Gasteiger charge is -2.32. The summed E-state index contributed by atoms with van der Waals surface area (Å²) in [6, 6.07) is 1.63. The van der Waals surface area contributed by atoms with Crippen LogP contribution in [0.2, 0.25) is 5.15 Å². The number of amides is 1. The number of halogens is 1. The zero-order chi connectivity index (χ0) is 17.2. The van der Waals surface area contributed by atoms with Gasteiger partial charge in [-0.25, -0.2) is 14.8 Å². The van der Waals surface area contributed by atoms with Crippen LogP contribution in [0.25, 0.3) is 0 Å². The zero-order valence-electron chi connectivity index (χ0n) is 13.8. The molecule has 0 N–H and O–H groups in total. The Bertz CT molecular complexity index is 590. The van der Waals surface area contributed by atoms with Crippen molar-refractivity contribution in [3.8, 4) is 0 Å². The standard InChI is InChI=1S/C15H22ClN3O3S/c1-10-9-12(16)18-13(17-10)23(21)11-5-7-19(8-6-11)14(20)22-15(2,3)4/h9,11H,5-8H2,1-4H3/t23-/m0/s1. The molecule has 0 radical (unpaired) electrons. The Morgan fingerprint density at radius 2 is 1.96 bits per heavy atom. The maximum Gasteiger partial charge on any atom is 0.410 e. The van der Waals surface area contributed by atoms with Crippen molar-refractivity contribution in [1.82, 2.24) is 14.9 Å². The van der Waals surface area contributed by atoms with E-state index in [2.05, 4.69) is 9.97 Å². The number of hydrogen-bond acceptors (Lipinski definition) is 5. The van der Waals surface area contributed by atoms with Gasteiger partial charge in [0.15, 0.2) is 0 Å². The van der Waals surface area contributed by atoms with Crippen LogP contribution in [-0.2, 0) is 15.5 Å². The van der Waals surface area contributed by atoms with Crippen LogP contribution >= 0.6 is 11.6 Å². The molecular formula is C15H22ClN3O3S. The van der Waals surface area contributed by atoms with Crippen molar-refractivity contribution in [2.45, 2.75) is 56.5 Å². The van der Waals surface area contributed by atoms with Gasteiger partial charge in [-0.2, -0.15) is 0 Å². The molecule has 0 saturated carbocycles. The summed E-state index contributed by atoms with van der Waals surface area (Å²) in [5.41, 5.74) is 0.183. The van der Waals surface area contributed by atoms with E-state index in [1.54, 1.807) is 17.9 Å². The third-order valence-corrected chi connectivity index (χ3v) is 5.19. The van der Waals surface area contributed by atoms with Crippen LogP contribution in [0.4, 0.5) is 4.79 Å². The van der Waals surface area contributed by atoms with Gasteiger partial charge in [0.05, 0.1) is 10.8 Å². The predicted octanol–water partition coefficient (Wildman–Crippen LogP) is 2.95. The topological polar surface area (TPSA) is 72.4 Å². The molecule has 2 heterocycles. The fraction of sp³-hybridized carbons (Fsp3) is 0.667. The highest BCUT2D eigenvalue weighted by molar-refractivity contribution is 7.85. The Morgan fingerprint density at radius 3 is 2.48 bits per heavy atom. The Labute approximate surface area is 144 Å². The van der Waals surface area contributed by atoms with E-state index in [9.17, 15) is 9.00 Å². The minimum atomic E-state index is -1.32. The van der Waals surface area contributed by atoms with Gasteiger partial charge in [-0.1, -0.05) is 11.6 Å². The molecule has 1 fully saturated rings. The summed E-state index contributed by atoms with van der Waals surface area (Å²) < 4.78 is 18.0. The van der Waals surface area contributed by atoms with Gasteiger partial charge in [0.25, 0.3) is 0 Å². The molecule has 1 aromatic rings. The highest BCUT2D eigenvalue weighted by atomic mass is 35.5. The van der Waals surface area contributed by atoms with E-state index in [-0.39, 0.29) is 16.5 Å². The van der Waals surface area contributed by atoms with E-state index in [1.807, 2.05) is 20.8 Å². The number of rotatable bonds is 2. The van der Waals surface area contributed by atoms with E-state index >= 15 is 0 Å². The summed E-state index contributed by atoms with van der Waals surface area (Å²) in [7, 11) is -1.32. The van der Waals surface area contributed by atoms with Crippen molar-refractivity contribution in [2.75, 3.05) is 13.1 Å². The van der Waals surface area contributed by atoms with Crippen LogP contribution < -0.4 is 0 Å². The molecule has 1 aromatic heterocycles. The molecule has 6 nitrogen and oxygen atoms in total. The monoisotopic (exact) mass is 359 g/mol. The van der Waals surface area contributed by atoms with Gasteiger partial charge in [-0.15, -0.1) is 0 Å². The Morgan fingerprint density at radius 1 is 1.35 bits per heavy atom. The largest absolute Gasteiger partial charge is 0.444 e. The van der Waals surface area contributed by atoms with E-state index in [1.165, 1.54) is 0 Å². The number of nitrogens with zero attached hydrogens (tertiary/aromatic N) is 3. The fourth-order valence-electron chi connectivity index (χ4n) is 2.32. The van der Waals surface area contributed by atoms with Crippen molar-refractivity contribution < 1.29 is 13.7 Å². The van der Waals surface area contributed by atoms with Gasteiger partial charge in [0.2, 0.25) is 5.16 Å². The third kappa shape index (κ3) is 5.14. The molecule has 23 heavy (non-hydrogen) atoms. The van der Waals surface area contributed by atoms with Crippen LogP contribution in [0.1, 0.15) is 39.3 Å². The van der Waals surface area contributed by atoms with Gasteiger partial charge < -0.3 is 9.64 Å². The second-order valence-corrected chi connectivity index (χ2v) is 8.59.